The summed E-state index contributed by atoms with van der Waals surface area (Å²) in [7, 11) is 0. The van der Waals surface area contributed by atoms with Crippen molar-refractivity contribution in [2.45, 2.75) is 30.5 Å². The van der Waals surface area contributed by atoms with Gasteiger partial charge in [-0.15, -0.1) is 10.2 Å². The second-order valence-corrected chi connectivity index (χ2v) is 8.73. The predicted molar refractivity (Wildman–Crippen MR) is 125 cm³/mol. The highest BCUT2D eigenvalue weighted by molar-refractivity contribution is 7.99. The molecular weight excluding hydrogens is 434 g/mol. The number of nitrogens with one attached hydrogen (secondary N) is 1. The maximum absolute atomic E-state index is 12.8. The molecule has 1 N–H and O–H groups in total. The van der Waals surface area contributed by atoms with Gasteiger partial charge in [-0.1, -0.05) is 60.3 Å². The van der Waals surface area contributed by atoms with E-state index in [1.165, 1.54) is 18.0 Å². The Bertz CT molecular complexity index is 1300. The summed E-state index contributed by atoms with van der Waals surface area (Å²) in [5, 5.41) is 26.1. The van der Waals surface area contributed by atoms with Gasteiger partial charge in [0.15, 0.2) is 11.0 Å². The molecule has 0 radical (unpaired) electrons. The van der Waals surface area contributed by atoms with Gasteiger partial charge in [0, 0.05) is 5.92 Å². The first-order valence-corrected chi connectivity index (χ1v) is 11.6. The third-order valence-corrected chi connectivity index (χ3v) is 6.32. The number of para-hydroxylation sites is 1. The Morgan fingerprint density at radius 2 is 1.82 bits per heavy atom. The van der Waals surface area contributed by atoms with E-state index in [9.17, 15) is 10.1 Å². The first-order chi connectivity index (χ1) is 16.2. The van der Waals surface area contributed by atoms with Gasteiger partial charge in [-0.05, 0) is 30.5 Å². The normalized spacial score (nSPS) is 12.9. The van der Waals surface area contributed by atoms with Crippen molar-refractivity contribution in [3.63, 3.8) is 0 Å². The van der Waals surface area contributed by atoms with E-state index in [1.54, 1.807) is 4.68 Å². The van der Waals surface area contributed by atoms with Crippen molar-refractivity contribution in [2.75, 3.05) is 11.1 Å². The molecule has 1 fully saturated rings. The lowest BCUT2D eigenvalue weighted by molar-refractivity contribution is -0.113. The van der Waals surface area contributed by atoms with Gasteiger partial charge in [-0.25, -0.2) is 4.68 Å². The number of carbonyl (C=O) groups is 1. The summed E-state index contributed by atoms with van der Waals surface area (Å²) in [6.07, 6.45) is 3.70. The minimum absolute atomic E-state index is 0.141. The quantitative estimate of drug-likeness (QED) is 0.403. The molecule has 0 spiro atoms. The molecule has 2 heterocycles. The van der Waals surface area contributed by atoms with Crippen LogP contribution in [-0.4, -0.2) is 36.2 Å². The van der Waals surface area contributed by atoms with Crippen molar-refractivity contribution >= 4 is 23.5 Å². The van der Waals surface area contributed by atoms with Crippen LogP contribution in [-0.2, 0) is 11.3 Å². The first-order valence-electron chi connectivity index (χ1n) is 10.7. The largest absolute Gasteiger partial charge is 0.309 e. The molecule has 1 aliphatic carbocycles. The number of hydrogen-bond donors (Lipinski definition) is 1. The highest BCUT2D eigenvalue weighted by Gasteiger charge is 2.30. The fourth-order valence-corrected chi connectivity index (χ4v) is 4.32. The number of aromatic nitrogens is 5. The maximum atomic E-state index is 12.8. The van der Waals surface area contributed by atoms with Crippen LogP contribution in [0.5, 0.6) is 0 Å². The number of amides is 1. The number of rotatable bonds is 8. The summed E-state index contributed by atoms with van der Waals surface area (Å²) in [5.74, 6) is 1.69. The minimum atomic E-state index is -0.239. The Balaban J connectivity index is 1.32. The highest BCUT2D eigenvalue weighted by Crippen LogP contribution is 2.40. The Labute approximate surface area is 195 Å². The first kappa shape index (κ1) is 21.0. The molecule has 0 atom stereocenters. The Morgan fingerprint density at radius 1 is 1.09 bits per heavy atom. The van der Waals surface area contributed by atoms with Gasteiger partial charge in [-0.2, -0.15) is 10.4 Å². The number of nitrogens with zero attached hydrogens (tertiary/aromatic N) is 6. The second kappa shape index (κ2) is 9.30. The number of anilines is 1. The van der Waals surface area contributed by atoms with E-state index in [1.807, 2.05) is 48.5 Å². The number of benzene rings is 2. The van der Waals surface area contributed by atoms with Gasteiger partial charge < -0.3 is 9.88 Å². The summed E-state index contributed by atoms with van der Waals surface area (Å²) in [6.45, 7) is 0.670. The lowest BCUT2D eigenvalue weighted by Gasteiger charge is -2.11. The summed E-state index contributed by atoms with van der Waals surface area (Å²) in [6, 6.07) is 21.6. The van der Waals surface area contributed by atoms with E-state index < -0.39 is 0 Å². The van der Waals surface area contributed by atoms with Gasteiger partial charge in [0.1, 0.15) is 17.5 Å². The fraction of sp³-hybridized carbons (Fsp3) is 0.208. The SMILES string of the molecule is N#Cc1cnn(-c2ccccc2)c1NC(=O)CSc1nnc(C2CC2)n1Cc1ccccc1. The van der Waals surface area contributed by atoms with Gasteiger partial charge in [-0.3, -0.25) is 4.79 Å². The Kier molecular flexibility index (Phi) is 5.91. The Hall–Kier alpha value is -3.90. The van der Waals surface area contributed by atoms with Crippen molar-refractivity contribution in [1.82, 2.24) is 24.5 Å². The van der Waals surface area contributed by atoms with Crippen molar-refractivity contribution in [1.29, 1.82) is 5.26 Å². The highest BCUT2D eigenvalue weighted by atomic mass is 32.2. The molecule has 1 amide bonds. The molecule has 33 heavy (non-hydrogen) atoms. The van der Waals surface area contributed by atoms with Gasteiger partial charge in [0.05, 0.1) is 24.2 Å². The van der Waals surface area contributed by atoms with E-state index in [-0.39, 0.29) is 11.7 Å². The maximum Gasteiger partial charge on any atom is 0.236 e. The molecule has 5 rings (SSSR count). The molecule has 164 valence electrons. The van der Waals surface area contributed by atoms with Crippen LogP contribution in [0.25, 0.3) is 5.69 Å². The average molecular weight is 456 g/mol. The zero-order valence-electron chi connectivity index (χ0n) is 17.8. The summed E-state index contributed by atoms with van der Waals surface area (Å²) < 4.78 is 3.67. The average Bonchev–Trinajstić information content (AvgIpc) is 3.50. The molecule has 9 heteroatoms. The summed E-state index contributed by atoms with van der Waals surface area (Å²) >= 11 is 1.34. The molecule has 4 aromatic rings. The molecule has 1 aliphatic rings. The number of carbonyl (C=O) groups excluding carboxylic acids is 1. The lowest BCUT2D eigenvalue weighted by atomic mass is 10.2. The van der Waals surface area contributed by atoms with Crippen LogP contribution in [0.2, 0.25) is 0 Å². The van der Waals surface area contributed by atoms with Crippen LogP contribution in [0, 0.1) is 11.3 Å². The number of thioether (sulfide) groups is 1. The van der Waals surface area contributed by atoms with E-state index in [0.717, 1.165) is 29.9 Å². The van der Waals surface area contributed by atoms with Crippen LogP contribution in [0.3, 0.4) is 0 Å². The fourth-order valence-electron chi connectivity index (χ4n) is 3.58. The third kappa shape index (κ3) is 4.66. The van der Waals surface area contributed by atoms with Crippen LogP contribution < -0.4 is 5.32 Å². The van der Waals surface area contributed by atoms with E-state index in [2.05, 4.69) is 43.4 Å². The molecule has 8 nitrogen and oxygen atoms in total. The van der Waals surface area contributed by atoms with E-state index in [0.29, 0.717) is 29.0 Å². The molecule has 0 saturated heterocycles. The molecule has 0 aliphatic heterocycles. The molecule has 0 bridgehead atoms. The molecule has 0 unspecified atom stereocenters. The minimum Gasteiger partial charge on any atom is -0.309 e. The van der Waals surface area contributed by atoms with E-state index >= 15 is 0 Å². The van der Waals surface area contributed by atoms with Crippen molar-refractivity contribution in [3.8, 4) is 11.8 Å². The second-order valence-electron chi connectivity index (χ2n) is 7.79. The molecule has 2 aromatic heterocycles. The van der Waals surface area contributed by atoms with Gasteiger partial charge >= 0.3 is 0 Å². The van der Waals surface area contributed by atoms with Crippen molar-refractivity contribution in [2.24, 2.45) is 0 Å². The predicted octanol–water partition coefficient (Wildman–Crippen LogP) is 3.99. The molecule has 2 aromatic carbocycles. The molecular formula is C24H21N7OS. The topological polar surface area (TPSA) is 101 Å². The zero-order chi connectivity index (χ0) is 22.6. The van der Waals surface area contributed by atoms with Crippen LogP contribution in [0.1, 0.15) is 35.7 Å². The van der Waals surface area contributed by atoms with Crippen LogP contribution in [0.4, 0.5) is 5.82 Å². The lowest BCUT2D eigenvalue weighted by Crippen LogP contribution is -2.18. The number of hydrogen-bond acceptors (Lipinski definition) is 6. The Morgan fingerprint density at radius 3 is 2.52 bits per heavy atom. The third-order valence-electron chi connectivity index (χ3n) is 5.35. The van der Waals surface area contributed by atoms with Crippen molar-refractivity contribution in [3.05, 3.63) is 83.8 Å². The molecule has 1 saturated carbocycles. The monoisotopic (exact) mass is 455 g/mol. The number of nitriles is 1. The summed E-state index contributed by atoms with van der Waals surface area (Å²) in [4.78, 5) is 12.8. The van der Waals surface area contributed by atoms with Crippen LogP contribution >= 0.6 is 11.8 Å². The summed E-state index contributed by atoms with van der Waals surface area (Å²) in [5.41, 5.74) is 2.23. The van der Waals surface area contributed by atoms with Crippen LogP contribution in [0.15, 0.2) is 72.0 Å². The van der Waals surface area contributed by atoms with Gasteiger partial charge in [0.25, 0.3) is 0 Å². The smallest absolute Gasteiger partial charge is 0.236 e. The van der Waals surface area contributed by atoms with Crippen molar-refractivity contribution < 1.29 is 4.79 Å². The van der Waals surface area contributed by atoms with E-state index in [4.69, 9.17) is 0 Å². The standard InChI is InChI=1S/C24H21N7OS/c25-13-19-14-26-31(20-9-5-2-6-10-20)22(19)27-21(32)16-33-24-29-28-23(18-11-12-18)30(24)15-17-7-3-1-4-8-17/h1-10,14,18H,11-12,15-16H2,(H,27,32). The zero-order valence-corrected chi connectivity index (χ0v) is 18.6. The van der Waals surface area contributed by atoms with Gasteiger partial charge in [0.2, 0.25) is 5.91 Å².